The summed E-state index contributed by atoms with van der Waals surface area (Å²) in [5.74, 6) is 0.584. The molecule has 1 aliphatic carbocycles. The van der Waals surface area contributed by atoms with Gasteiger partial charge in [0, 0.05) is 30.2 Å². The highest BCUT2D eigenvalue weighted by atomic mass is 15.2. The summed E-state index contributed by atoms with van der Waals surface area (Å²) in [4.78, 5) is 2.76. The highest BCUT2D eigenvalue weighted by Crippen LogP contribution is 2.47. The molecular weight excluding hydrogens is 282 g/mol. The van der Waals surface area contributed by atoms with Crippen LogP contribution < -0.4 is 11.5 Å². The number of hydrogen-bond acceptors (Lipinski definition) is 3. The Bertz CT molecular complexity index is 531. The second-order valence-corrected chi connectivity index (χ2v) is 8.10. The first-order valence-corrected chi connectivity index (χ1v) is 9.52. The van der Waals surface area contributed by atoms with Gasteiger partial charge in [0.1, 0.15) is 0 Å². The number of rotatable bonds is 3. The van der Waals surface area contributed by atoms with E-state index in [1.165, 1.54) is 44.1 Å². The van der Waals surface area contributed by atoms with E-state index in [2.05, 4.69) is 35.2 Å². The number of hydrogen-bond donors (Lipinski definition) is 2. The lowest BCUT2D eigenvalue weighted by molar-refractivity contribution is 0.0206. The summed E-state index contributed by atoms with van der Waals surface area (Å²) in [6.07, 6.45) is 10.0. The topological polar surface area (TPSA) is 55.3 Å². The molecule has 1 saturated carbocycles. The number of nitrogens with two attached hydrogens (primary N) is 2. The fraction of sp³-hybridized carbons (Fsp3) is 0.700. The molecule has 2 bridgehead atoms. The zero-order valence-electron chi connectivity index (χ0n) is 14.2. The molecule has 2 aliphatic heterocycles. The third-order valence-electron chi connectivity index (χ3n) is 6.93. The second kappa shape index (κ2) is 6.19. The summed E-state index contributed by atoms with van der Waals surface area (Å²) >= 11 is 0. The minimum absolute atomic E-state index is 0.132. The molecule has 3 fully saturated rings. The highest BCUT2D eigenvalue weighted by molar-refractivity contribution is 5.17. The first-order chi connectivity index (χ1) is 11.2. The van der Waals surface area contributed by atoms with Crippen molar-refractivity contribution >= 4 is 0 Å². The first-order valence-electron chi connectivity index (χ1n) is 9.52. The Kier molecular flexibility index (Phi) is 4.21. The Morgan fingerprint density at radius 1 is 1.00 bits per heavy atom. The maximum Gasteiger partial charge on any atom is 0.0351 e. The van der Waals surface area contributed by atoms with E-state index in [1.54, 1.807) is 0 Å². The van der Waals surface area contributed by atoms with Gasteiger partial charge in [-0.25, -0.2) is 0 Å². The van der Waals surface area contributed by atoms with Gasteiger partial charge in [-0.2, -0.15) is 0 Å². The molecule has 23 heavy (non-hydrogen) atoms. The van der Waals surface area contributed by atoms with Crippen LogP contribution in [0.5, 0.6) is 0 Å². The molecule has 4 unspecified atom stereocenters. The van der Waals surface area contributed by atoms with Crippen molar-refractivity contribution in [1.29, 1.82) is 0 Å². The SMILES string of the molecule is NC1CCCCC1(N)C1CC[C@H]2CCC1N2Cc1ccccc1. The minimum atomic E-state index is -0.132. The Hall–Kier alpha value is -0.900. The minimum Gasteiger partial charge on any atom is -0.326 e. The van der Waals surface area contributed by atoms with Crippen LogP contribution in [-0.4, -0.2) is 28.6 Å². The van der Waals surface area contributed by atoms with Crippen LogP contribution in [0.25, 0.3) is 0 Å². The van der Waals surface area contributed by atoms with Crippen LogP contribution in [0.1, 0.15) is 56.9 Å². The number of fused-ring (bicyclic) bond motifs is 2. The maximum absolute atomic E-state index is 6.97. The molecule has 3 heteroatoms. The monoisotopic (exact) mass is 313 g/mol. The summed E-state index contributed by atoms with van der Waals surface area (Å²) in [5, 5.41) is 0. The van der Waals surface area contributed by atoms with E-state index in [4.69, 9.17) is 11.5 Å². The Morgan fingerprint density at radius 2 is 1.78 bits per heavy atom. The normalized spacial score (nSPS) is 41.1. The number of nitrogens with zero attached hydrogens (tertiary/aromatic N) is 1. The molecule has 1 aromatic carbocycles. The summed E-state index contributed by atoms with van der Waals surface area (Å²) in [6.45, 7) is 1.08. The molecule has 5 atom stereocenters. The van der Waals surface area contributed by atoms with Crippen molar-refractivity contribution < 1.29 is 0 Å². The maximum atomic E-state index is 6.97. The molecule has 0 spiro atoms. The third-order valence-corrected chi connectivity index (χ3v) is 6.93. The molecule has 4 N–H and O–H groups in total. The van der Waals surface area contributed by atoms with Crippen LogP contribution >= 0.6 is 0 Å². The molecule has 4 rings (SSSR count). The van der Waals surface area contributed by atoms with Crippen molar-refractivity contribution in [3.8, 4) is 0 Å². The van der Waals surface area contributed by atoms with E-state index in [0.717, 1.165) is 25.4 Å². The molecule has 0 radical (unpaired) electrons. The molecule has 2 saturated heterocycles. The summed E-state index contributed by atoms with van der Waals surface area (Å²) in [7, 11) is 0. The van der Waals surface area contributed by atoms with E-state index < -0.39 is 0 Å². The first kappa shape index (κ1) is 15.6. The third kappa shape index (κ3) is 2.73. The van der Waals surface area contributed by atoms with Gasteiger partial charge < -0.3 is 11.5 Å². The molecule has 1 aromatic rings. The lowest BCUT2D eigenvalue weighted by Crippen LogP contribution is -2.66. The van der Waals surface area contributed by atoms with Crippen molar-refractivity contribution in [2.24, 2.45) is 17.4 Å². The standard InChI is InChI=1S/C20H31N3/c21-19-8-4-5-13-20(19,22)17-11-9-16-10-12-18(17)23(16)14-15-6-2-1-3-7-15/h1-3,6-7,16-19H,4-5,8-14,21-22H2/t16-,17?,18?,19?,20?/m0/s1. The number of piperidine rings is 1. The Balaban J connectivity index is 1.56. The van der Waals surface area contributed by atoms with E-state index in [9.17, 15) is 0 Å². The van der Waals surface area contributed by atoms with E-state index >= 15 is 0 Å². The zero-order valence-corrected chi connectivity index (χ0v) is 14.2. The largest absolute Gasteiger partial charge is 0.326 e. The number of benzene rings is 1. The lowest BCUT2D eigenvalue weighted by Gasteiger charge is -2.52. The predicted molar refractivity (Wildman–Crippen MR) is 94.9 cm³/mol. The van der Waals surface area contributed by atoms with Gasteiger partial charge >= 0.3 is 0 Å². The highest BCUT2D eigenvalue weighted by Gasteiger charge is 2.51. The van der Waals surface area contributed by atoms with Crippen molar-refractivity contribution in [3.63, 3.8) is 0 Å². The van der Waals surface area contributed by atoms with Gasteiger partial charge in [0.25, 0.3) is 0 Å². The fourth-order valence-corrected chi connectivity index (χ4v) is 5.65. The molecule has 0 aromatic heterocycles. The van der Waals surface area contributed by atoms with Crippen LogP contribution in [0.4, 0.5) is 0 Å². The Morgan fingerprint density at radius 3 is 2.57 bits per heavy atom. The molecule has 3 nitrogen and oxygen atoms in total. The molecular formula is C20H31N3. The summed E-state index contributed by atoms with van der Waals surface area (Å²) in [6, 6.07) is 12.5. The van der Waals surface area contributed by atoms with E-state index in [0.29, 0.717) is 12.0 Å². The van der Waals surface area contributed by atoms with Gasteiger partial charge in [0.05, 0.1) is 0 Å². The molecule has 3 aliphatic rings. The van der Waals surface area contributed by atoms with E-state index in [-0.39, 0.29) is 11.6 Å². The summed E-state index contributed by atoms with van der Waals surface area (Å²) < 4.78 is 0. The molecule has 126 valence electrons. The van der Waals surface area contributed by atoms with Gasteiger partial charge in [-0.1, -0.05) is 43.2 Å². The van der Waals surface area contributed by atoms with Crippen molar-refractivity contribution in [2.45, 2.75) is 81.6 Å². The van der Waals surface area contributed by atoms with Crippen molar-refractivity contribution in [3.05, 3.63) is 35.9 Å². The zero-order chi connectivity index (χ0) is 15.9. The van der Waals surface area contributed by atoms with Gasteiger partial charge in [-0.3, -0.25) is 4.90 Å². The van der Waals surface area contributed by atoms with Crippen LogP contribution in [0, 0.1) is 5.92 Å². The smallest absolute Gasteiger partial charge is 0.0351 e. The van der Waals surface area contributed by atoms with Gasteiger partial charge in [-0.15, -0.1) is 0 Å². The second-order valence-electron chi connectivity index (χ2n) is 8.10. The lowest BCUT2D eigenvalue weighted by atomic mass is 9.65. The quantitative estimate of drug-likeness (QED) is 0.902. The van der Waals surface area contributed by atoms with Crippen LogP contribution in [-0.2, 0) is 6.54 Å². The van der Waals surface area contributed by atoms with E-state index in [1.807, 2.05) is 0 Å². The average molecular weight is 313 g/mol. The van der Waals surface area contributed by atoms with Crippen LogP contribution in [0.3, 0.4) is 0 Å². The van der Waals surface area contributed by atoms with Gasteiger partial charge in [0.15, 0.2) is 0 Å². The average Bonchev–Trinajstić information content (AvgIpc) is 2.81. The molecule has 0 amide bonds. The Labute approximate surface area is 140 Å². The van der Waals surface area contributed by atoms with Gasteiger partial charge in [0.2, 0.25) is 0 Å². The van der Waals surface area contributed by atoms with Crippen molar-refractivity contribution in [1.82, 2.24) is 4.90 Å². The predicted octanol–water partition coefficient (Wildman–Crippen LogP) is 3.03. The van der Waals surface area contributed by atoms with Crippen LogP contribution in [0.2, 0.25) is 0 Å². The van der Waals surface area contributed by atoms with Crippen LogP contribution in [0.15, 0.2) is 30.3 Å². The molecule has 2 heterocycles. The summed E-state index contributed by atoms with van der Waals surface area (Å²) in [5.41, 5.74) is 14.8. The fourth-order valence-electron chi connectivity index (χ4n) is 5.65. The van der Waals surface area contributed by atoms with Crippen molar-refractivity contribution in [2.75, 3.05) is 0 Å². The van der Waals surface area contributed by atoms with Gasteiger partial charge in [-0.05, 0) is 50.0 Å².